The molecule has 0 aromatic heterocycles. The van der Waals surface area contributed by atoms with Gasteiger partial charge in [0.1, 0.15) is 0 Å². The van der Waals surface area contributed by atoms with Crippen molar-refractivity contribution in [3.63, 3.8) is 0 Å². The quantitative estimate of drug-likeness (QED) is 0.0741. The van der Waals surface area contributed by atoms with Gasteiger partial charge in [-0.1, -0.05) is 106 Å². The number of benzene rings is 3. The molecular formula is C42H52INO7Si. The fourth-order valence-corrected chi connectivity index (χ4v) is 13.5. The Labute approximate surface area is 322 Å². The smallest absolute Gasteiger partial charge is 0.261 e. The number of aliphatic hydroxyl groups excluding tert-OH is 2. The second-order valence-corrected chi connectivity index (χ2v) is 20.5. The number of hydrogen-bond donors (Lipinski definition) is 3. The Kier molecular flexibility index (Phi) is 12.9. The van der Waals surface area contributed by atoms with E-state index in [9.17, 15) is 24.9 Å². The fraction of sp³-hybridized carbons (Fsp3) is 0.429. The molecule has 0 unspecified atom stereocenters. The summed E-state index contributed by atoms with van der Waals surface area (Å²) in [7, 11) is 0.0396. The molecule has 1 heterocycles. The maximum absolute atomic E-state index is 13.5. The lowest BCUT2D eigenvalue weighted by molar-refractivity contribution is -0.138. The highest BCUT2D eigenvalue weighted by atomic mass is 127. The number of aliphatic hydroxyl groups is 2. The van der Waals surface area contributed by atoms with Crippen LogP contribution < -0.4 is 15.1 Å². The zero-order valence-electron chi connectivity index (χ0n) is 31.1. The molecule has 2 aliphatic rings. The van der Waals surface area contributed by atoms with Crippen molar-refractivity contribution >= 4 is 59.2 Å². The average molecular weight is 838 g/mol. The van der Waals surface area contributed by atoms with E-state index >= 15 is 0 Å². The third-order valence-electron chi connectivity index (χ3n) is 10.8. The number of likely N-dealkylation sites (tertiary alicyclic amines) is 1. The number of nitrogens with zero attached hydrogens (tertiary/aromatic N) is 1. The number of hydrogen-bond acceptors (Lipinski definition) is 7. The lowest BCUT2D eigenvalue weighted by atomic mass is 9.68. The predicted octanol–water partition coefficient (Wildman–Crippen LogP) is 6.45. The van der Waals surface area contributed by atoms with Crippen molar-refractivity contribution < 1.29 is 34.1 Å². The number of halogens is 1. The van der Waals surface area contributed by atoms with Crippen LogP contribution in [0.15, 0.2) is 89.5 Å². The molecule has 8 nitrogen and oxygen atoms in total. The summed E-state index contributed by atoms with van der Waals surface area (Å²) < 4.78 is 13.4. The van der Waals surface area contributed by atoms with E-state index in [1.807, 2.05) is 42.5 Å². The van der Waals surface area contributed by atoms with Crippen molar-refractivity contribution in [2.75, 3.05) is 27.4 Å². The van der Waals surface area contributed by atoms with E-state index < -0.39 is 32.2 Å². The third-order valence-corrected chi connectivity index (χ3v) is 16.6. The Morgan fingerprint density at radius 2 is 1.63 bits per heavy atom. The first-order chi connectivity index (χ1) is 24.8. The Morgan fingerprint density at radius 3 is 2.17 bits per heavy atom. The number of methoxy groups -OCH3 is 1. The van der Waals surface area contributed by atoms with Crippen LogP contribution in [0.3, 0.4) is 0 Å². The molecule has 4 atom stereocenters. The summed E-state index contributed by atoms with van der Waals surface area (Å²) in [6.45, 7) is 8.52. The summed E-state index contributed by atoms with van der Waals surface area (Å²) >= 11 is 2.09. The van der Waals surface area contributed by atoms with Gasteiger partial charge in [-0.05, 0) is 92.5 Å². The number of allylic oxidation sites excluding steroid dienone is 1. The van der Waals surface area contributed by atoms with Crippen LogP contribution in [0.25, 0.3) is 6.08 Å². The lowest BCUT2D eigenvalue weighted by Crippen LogP contribution is -2.66. The van der Waals surface area contributed by atoms with Gasteiger partial charge in [0.2, 0.25) is 11.8 Å². The van der Waals surface area contributed by atoms with Crippen LogP contribution in [0.5, 0.6) is 11.5 Å². The van der Waals surface area contributed by atoms with Crippen LogP contribution in [0, 0.1) is 21.3 Å². The number of imide groups is 1. The van der Waals surface area contributed by atoms with Gasteiger partial charge in [0, 0.05) is 13.0 Å². The third kappa shape index (κ3) is 7.82. The van der Waals surface area contributed by atoms with E-state index in [4.69, 9.17) is 9.16 Å². The van der Waals surface area contributed by atoms with Crippen molar-refractivity contribution in [3.05, 3.63) is 98.6 Å². The first kappa shape index (κ1) is 39.9. The highest BCUT2D eigenvalue weighted by Crippen LogP contribution is 2.47. The minimum Gasteiger partial charge on any atom is -0.504 e. The number of rotatable bonds is 14. The van der Waals surface area contributed by atoms with Crippen LogP contribution in [-0.2, 0) is 14.0 Å². The Morgan fingerprint density at radius 1 is 1.02 bits per heavy atom. The summed E-state index contributed by atoms with van der Waals surface area (Å²) in [6, 6.07) is 24.3. The zero-order valence-corrected chi connectivity index (χ0v) is 34.2. The molecule has 10 heteroatoms. The van der Waals surface area contributed by atoms with Gasteiger partial charge in [-0.15, -0.1) is 0 Å². The Balaban J connectivity index is 1.56. The predicted molar refractivity (Wildman–Crippen MR) is 216 cm³/mol. The van der Waals surface area contributed by atoms with E-state index in [-0.39, 0.29) is 42.2 Å². The minimum absolute atomic E-state index is 0.101. The molecule has 3 N–H and O–H groups in total. The van der Waals surface area contributed by atoms with Crippen molar-refractivity contribution in [1.29, 1.82) is 0 Å². The van der Waals surface area contributed by atoms with E-state index in [2.05, 4.69) is 80.6 Å². The molecule has 0 bridgehead atoms. The zero-order chi connectivity index (χ0) is 37.8. The monoisotopic (exact) mass is 837 g/mol. The molecule has 3 aromatic carbocycles. The van der Waals surface area contributed by atoms with Gasteiger partial charge in [0.05, 0.1) is 41.8 Å². The van der Waals surface area contributed by atoms with E-state index in [1.54, 1.807) is 6.07 Å². The Hall–Kier alpha value is -3.29. The lowest BCUT2D eigenvalue weighted by Gasteiger charge is -2.44. The van der Waals surface area contributed by atoms with Crippen LogP contribution in [0.4, 0.5) is 0 Å². The van der Waals surface area contributed by atoms with Gasteiger partial charge in [-0.2, -0.15) is 0 Å². The summed E-state index contributed by atoms with van der Waals surface area (Å²) in [6.07, 6.45) is 4.03. The molecule has 2 amide bonds. The standard InChI is InChI=1S/C42H52INO7Si/c1-7-14-27(21-28-22-34(43)39(47)36(23-28)50-6)19-20-35(46)37-29(24-32-38(33(37)25-45)41(49)44(5)40(32)48)26-51-52(42(2,3)4,30-15-10-8-11-16-30)31-17-12-9-13-18-31/h8-13,15-18,21-23,32-33,35,38,45-47H,7,14,19-20,24-26H2,1-6H3/b27-21+/t32-,33+,35-,38-/m1/s1. The highest BCUT2D eigenvalue weighted by molar-refractivity contribution is 14.1. The molecule has 0 spiro atoms. The summed E-state index contributed by atoms with van der Waals surface area (Å²) in [4.78, 5) is 28.1. The highest BCUT2D eigenvalue weighted by Gasteiger charge is 2.55. The molecule has 3 aromatic rings. The van der Waals surface area contributed by atoms with E-state index in [1.165, 1.54) is 19.1 Å². The number of carbonyl (C=O) groups excluding carboxylic acids is 2. The van der Waals surface area contributed by atoms with Crippen LogP contribution in [0.2, 0.25) is 5.04 Å². The number of aromatic hydroxyl groups is 1. The maximum atomic E-state index is 13.5. The van der Waals surface area contributed by atoms with Crippen molar-refractivity contribution in [2.24, 2.45) is 17.8 Å². The molecule has 1 aliphatic carbocycles. The molecule has 1 aliphatic heterocycles. The first-order valence-corrected chi connectivity index (χ1v) is 21.1. The molecule has 0 saturated carbocycles. The second kappa shape index (κ2) is 16.8. The van der Waals surface area contributed by atoms with Crippen molar-refractivity contribution in [2.45, 2.75) is 70.9 Å². The van der Waals surface area contributed by atoms with E-state index in [0.717, 1.165) is 39.9 Å². The number of carbonyl (C=O) groups is 2. The van der Waals surface area contributed by atoms with Gasteiger partial charge in [0.15, 0.2) is 11.5 Å². The molecule has 1 saturated heterocycles. The maximum Gasteiger partial charge on any atom is 0.261 e. The van der Waals surface area contributed by atoms with Gasteiger partial charge in [-0.25, -0.2) is 0 Å². The molecule has 1 fully saturated rings. The first-order valence-electron chi connectivity index (χ1n) is 18.1. The van der Waals surface area contributed by atoms with Gasteiger partial charge >= 0.3 is 0 Å². The molecule has 52 heavy (non-hydrogen) atoms. The normalized spacial score (nSPS) is 20.4. The van der Waals surface area contributed by atoms with Gasteiger partial charge in [0.25, 0.3) is 8.32 Å². The van der Waals surface area contributed by atoms with Crippen molar-refractivity contribution in [1.82, 2.24) is 4.90 Å². The Bertz CT molecular complexity index is 1760. The number of amides is 2. The van der Waals surface area contributed by atoms with Gasteiger partial charge < -0.3 is 24.5 Å². The van der Waals surface area contributed by atoms with Crippen LogP contribution >= 0.6 is 22.6 Å². The fourth-order valence-electron chi connectivity index (χ4n) is 8.34. The van der Waals surface area contributed by atoms with E-state index in [0.29, 0.717) is 27.7 Å². The largest absolute Gasteiger partial charge is 0.504 e. The summed E-state index contributed by atoms with van der Waals surface area (Å²) in [5, 5.41) is 35.4. The topological polar surface area (TPSA) is 117 Å². The van der Waals surface area contributed by atoms with Crippen LogP contribution in [0.1, 0.15) is 65.4 Å². The van der Waals surface area contributed by atoms with Crippen molar-refractivity contribution in [3.8, 4) is 11.5 Å². The number of ether oxygens (including phenoxy) is 1. The molecule has 278 valence electrons. The minimum atomic E-state index is -2.99. The summed E-state index contributed by atoms with van der Waals surface area (Å²) in [5.74, 6) is -2.14. The number of phenolic OH excluding ortho intramolecular Hbond substituents is 1. The van der Waals surface area contributed by atoms with Gasteiger partial charge in [-0.3, -0.25) is 14.5 Å². The number of phenols is 1. The molecular weight excluding hydrogens is 785 g/mol. The number of fused-ring (bicyclic) bond motifs is 1. The SMILES string of the molecule is CCC/C(=C\c1cc(I)c(O)c(OC)c1)CC[C@@H](O)C1=C(CO[Si](c2ccccc2)(c2ccccc2)C(C)(C)C)C[C@H]2C(=O)N(C)C(=O)[C@H]2[C@H]1CO. The summed E-state index contributed by atoms with van der Waals surface area (Å²) in [5.41, 5.74) is 3.42. The van der Waals surface area contributed by atoms with Crippen LogP contribution in [-0.4, -0.2) is 73.8 Å². The molecule has 0 radical (unpaired) electrons. The molecule has 5 rings (SSSR count). The second-order valence-electron chi connectivity index (χ2n) is 15.0. The average Bonchev–Trinajstić information content (AvgIpc) is 3.34.